The van der Waals surface area contributed by atoms with Gasteiger partial charge in [0.05, 0.1) is 5.69 Å². The maximum Gasteiger partial charge on any atom is 0.264 e. The SMILES string of the molecule is Cc1cc(/C=C(\C#N)C(=O)N2CCN(Cc3csc(-c4ccccc4)n3)CC2)c(C)n1C1CC1. The standard InChI is InChI=1S/C27H29N5OS/c1-19-14-22(20(2)32(19)25-8-9-25)15-23(16-28)27(33)31-12-10-30(11-13-31)17-24-18-34-26(29-24)21-6-4-3-5-7-21/h3-7,14-15,18,25H,8-13,17H2,1-2H3/b23-15+. The van der Waals surface area contributed by atoms with Crippen LogP contribution in [0.5, 0.6) is 0 Å². The van der Waals surface area contributed by atoms with Gasteiger partial charge in [0, 0.05) is 61.1 Å². The van der Waals surface area contributed by atoms with Gasteiger partial charge in [0.1, 0.15) is 16.6 Å². The van der Waals surface area contributed by atoms with Gasteiger partial charge in [0.15, 0.2) is 0 Å². The van der Waals surface area contributed by atoms with Crippen LogP contribution in [0.15, 0.2) is 47.4 Å². The van der Waals surface area contributed by atoms with Crippen LogP contribution >= 0.6 is 11.3 Å². The van der Waals surface area contributed by atoms with E-state index in [9.17, 15) is 10.1 Å². The van der Waals surface area contributed by atoms with Crippen LogP contribution in [-0.4, -0.2) is 51.4 Å². The molecule has 2 fully saturated rings. The number of hydrogen-bond acceptors (Lipinski definition) is 5. The second-order valence-corrected chi connectivity index (χ2v) is 10.0. The van der Waals surface area contributed by atoms with Crippen LogP contribution in [0, 0.1) is 25.2 Å². The van der Waals surface area contributed by atoms with Gasteiger partial charge in [-0.25, -0.2) is 4.98 Å². The number of thiazole rings is 1. The molecule has 1 aromatic carbocycles. The summed E-state index contributed by atoms with van der Waals surface area (Å²) in [6.07, 6.45) is 4.20. The molecule has 0 unspecified atom stereocenters. The highest BCUT2D eigenvalue weighted by molar-refractivity contribution is 7.13. The number of aryl methyl sites for hydroxylation is 1. The summed E-state index contributed by atoms with van der Waals surface area (Å²) in [5, 5.41) is 12.9. The molecular weight excluding hydrogens is 442 g/mol. The predicted octanol–water partition coefficient (Wildman–Crippen LogP) is 4.81. The predicted molar refractivity (Wildman–Crippen MR) is 135 cm³/mol. The van der Waals surface area contributed by atoms with E-state index >= 15 is 0 Å². The highest BCUT2D eigenvalue weighted by Crippen LogP contribution is 2.38. The molecule has 2 aromatic heterocycles. The van der Waals surface area contributed by atoms with Gasteiger partial charge in [0.25, 0.3) is 5.91 Å². The average Bonchev–Trinajstić information content (AvgIpc) is 3.51. The molecule has 6 nitrogen and oxygen atoms in total. The molecule has 1 aliphatic carbocycles. The second kappa shape index (κ2) is 9.57. The lowest BCUT2D eigenvalue weighted by Crippen LogP contribution is -2.48. The number of carbonyl (C=O) groups is 1. The average molecular weight is 472 g/mol. The first kappa shape index (κ1) is 22.6. The molecule has 1 saturated heterocycles. The molecule has 5 rings (SSSR count). The van der Waals surface area contributed by atoms with E-state index in [1.54, 1.807) is 17.4 Å². The normalized spacial score (nSPS) is 17.1. The first-order valence-electron chi connectivity index (χ1n) is 11.8. The van der Waals surface area contributed by atoms with Crippen LogP contribution in [0.1, 0.15) is 41.5 Å². The lowest BCUT2D eigenvalue weighted by molar-refractivity contribution is -0.128. The van der Waals surface area contributed by atoms with E-state index in [-0.39, 0.29) is 11.5 Å². The molecule has 174 valence electrons. The maximum atomic E-state index is 13.1. The molecule has 0 N–H and O–H groups in total. The summed E-state index contributed by atoms with van der Waals surface area (Å²) in [6, 6.07) is 15.1. The number of rotatable bonds is 6. The highest BCUT2D eigenvalue weighted by atomic mass is 32.1. The maximum absolute atomic E-state index is 13.1. The lowest BCUT2D eigenvalue weighted by Gasteiger charge is -2.34. The van der Waals surface area contributed by atoms with E-state index in [2.05, 4.69) is 53.0 Å². The summed E-state index contributed by atoms with van der Waals surface area (Å²) in [5.41, 5.74) is 5.74. The Labute approximate surface area is 204 Å². The van der Waals surface area contributed by atoms with Gasteiger partial charge in [-0.3, -0.25) is 9.69 Å². The van der Waals surface area contributed by atoms with Crippen molar-refractivity contribution in [1.29, 1.82) is 5.26 Å². The number of amides is 1. The van der Waals surface area contributed by atoms with Gasteiger partial charge in [-0.2, -0.15) is 5.26 Å². The van der Waals surface area contributed by atoms with E-state index in [1.165, 1.54) is 18.5 Å². The molecule has 34 heavy (non-hydrogen) atoms. The summed E-state index contributed by atoms with van der Waals surface area (Å²) in [4.78, 5) is 22.0. The Hall–Kier alpha value is -3.21. The molecule has 3 aromatic rings. The fraction of sp³-hybridized carbons (Fsp3) is 0.370. The quantitative estimate of drug-likeness (QED) is 0.382. The van der Waals surface area contributed by atoms with Crippen LogP contribution in [0.4, 0.5) is 0 Å². The number of aromatic nitrogens is 2. The number of nitrogens with zero attached hydrogens (tertiary/aromatic N) is 5. The van der Waals surface area contributed by atoms with Crippen molar-refractivity contribution in [3.05, 3.63) is 70.0 Å². The molecule has 3 heterocycles. The van der Waals surface area contributed by atoms with Gasteiger partial charge in [-0.15, -0.1) is 11.3 Å². The Balaban J connectivity index is 1.20. The van der Waals surface area contributed by atoms with E-state index < -0.39 is 0 Å². The molecule has 7 heteroatoms. The molecule has 1 saturated carbocycles. The molecule has 2 aliphatic rings. The highest BCUT2D eigenvalue weighted by Gasteiger charge is 2.28. The van der Waals surface area contributed by atoms with Crippen LogP contribution in [0.2, 0.25) is 0 Å². The Morgan fingerprint density at radius 2 is 1.91 bits per heavy atom. The van der Waals surface area contributed by atoms with Crippen molar-refractivity contribution in [3.63, 3.8) is 0 Å². The van der Waals surface area contributed by atoms with E-state index in [4.69, 9.17) is 4.98 Å². The molecular formula is C27H29N5OS. The third-order valence-electron chi connectivity index (χ3n) is 6.70. The monoisotopic (exact) mass is 471 g/mol. The van der Waals surface area contributed by atoms with Crippen molar-refractivity contribution in [1.82, 2.24) is 19.4 Å². The van der Waals surface area contributed by atoms with Crippen molar-refractivity contribution in [3.8, 4) is 16.6 Å². The number of benzene rings is 1. The van der Waals surface area contributed by atoms with Crippen LogP contribution in [0.3, 0.4) is 0 Å². The zero-order valence-electron chi connectivity index (χ0n) is 19.7. The van der Waals surface area contributed by atoms with Gasteiger partial charge in [-0.1, -0.05) is 30.3 Å². The minimum absolute atomic E-state index is 0.168. The zero-order valence-corrected chi connectivity index (χ0v) is 20.5. The number of carbonyl (C=O) groups excluding carboxylic acids is 1. The molecule has 1 amide bonds. The first-order chi connectivity index (χ1) is 16.5. The minimum atomic E-state index is -0.168. The van der Waals surface area contributed by atoms with Gasteiger partial charge in [0.2, 0.25) is 0 Å². The van der Waals surface area contributed by atoms with Crippen LogP contribution < -0.4 is 0 Å². The van der Waals surface area contributed by atoms with Gasteiger partial charge >= 0.3 is 0 Å². The number of hydrogen-bond donors (Lipinski definition) is 0. The first-order valence-corrected chi connectivity index (χ1v) is 12.7. The fourth-order valence-electron chi connectivity index (χ4n) is 4.74. The van der Waals surface area contributed by atoms with Crippen molar-refractivity contribution in [2.75, 3.05) is 26.2 Å². The van der Waals surface area contributed by atoms with Crippen molar-refractivity contribution >= 4 is 23.3 Å². The van der Waals surface area contributed by atoms with E-state index in [1.807, 2.05) is 23.1 Å². The van der Waals surface area contributed by atoms with Crippen LogP contribution in [-0.2, 0) is 11.3 Å². The summed E-state index contributed by atoms with van der Waals surface area (Å²) in [7, 11) is 0. The Morgan fingerprint density at radius 3 is 2.59 bits per heavy atom. The minimum Gasteiger partial charge on any atom is -0.346 e. The molecule has 0 atom stereocenters. The smallest absolute Gasteiger partial charge is 0.264 e. The fourth-order valence-corrected chi connectivity index (χ4v) is 5.56. The Kier molecular flexibility index (Phi) is 6.36. The lowest BCUT2D eigenvalue weighted by atomic mass is 10.1. The Morgan fingerprint density at radius 1 is 1.18 bits per heavy atom. The molecule has 0 radical (unpaired) electrons. The topological polar surface area (TPSA) is 65.2 Å². The van der Waals surface area contributed by atoms with Gasteiger partial charge < -0.3 is 9.47 Å². The second-order valence-electron chi connectivity index (χ2n) is 9.18. The van der Waals surface area contributed by atoms with Crippen LogP contribution in [0.25, 0.3) is 16.6 Å². The molecule has 1 aliphatic heterocycles. The molecule has 0 bridgehead atoms. The van der Waals surface area contributed by atoms with Crippen molar-refractivity contribution in [2.24, 2.45) is 0 Å². The summed E-state index contributed by atoms with van der Waals surface area (Å²) >= 11 is 1.67. The summed E-state index contributed by atoms with van der Waals surface area (Å²) < 4.78 is 2.34. The Bertz CT molecular complexity index is 1250. The summed E-state index contributed by atoms with van der Waals surface area (Å²) in [6.45, 7) is 7.75. The van der Waals surface area contributed by atoms with Crippen molar-refractivity contribution in [2.45, 2.75) is 39.3 Å². The number of nitriles is 1. The number of piperazine rings is 1. The third-order valence-corrected chi connectivity index (χ3v) is 7.64. The largest absolute Gasteiger partial charge is 0.346 e. The molecule has 0 spiro atoms. The van der Waals surface area contributed by atoms with Gasteiger partial charge in [-0.05, 0) is 44.4 Å². The van der Waals surface area contributed by atoms with E-state index in [0.717, 1.165) is 47.2 Å². The summed E-state index contributed by atoms with van der Waals surface area (Å²) in [5.74, 6) is -0.168. The van der Waals surface area contributed by atoms with Crippen molar-refractivity contribution < 1.29 is 4.79 Å². The zero-order chi connectivity index (χ0) is 23.7. The third kappa shape index (κ3) is 4.70. The van der Waals surface area contributed by atoms with E-state index in [0.29, 0.717) is 19.1 Å².